The molecule has 0 radical (unpaired) electrons. The van der Waals surface area contributed by atoms with Crippen LogP contribution in [0.4, 0.5) is 5.69 Å². The minimum absolute atomic E-state index is 0.0120. The summed E-state index contributed by atoms with van der Waals surface area (Å²) in [5, 5.41) is 8.41. The van der Waals surface area contributed by atoms with E-state index in [4.69, 9.17) is 45.2 Å². The second-order valence-electron chi connectivity index (χ2n) is 15.1. The molecule has 0 heterocycles. The minimum Gasteiger partial charge on any atom is -0.399 e. The van der Waals surface area contributed by atoms with E-state index in [0.29, 0.717) is 12.2 Å². The molecule has 0 aromatic heterocycles. The summed E-state index contributed by atoms with van der Waals surface area (Å²) in [5.74, 6) is 1.32. The number of benzene rings is 1. The van der Waals surface area contributed by atoms with Crippen molar-refractivity contribution in [3.8, 4) is 0 Å². The molecule has 0 bridgehead atoms. The summed E-state index contributed by atoms with van der Waals surface area (Å²) in [6, 6.07) is 5.56. The van der Waals surface area contributed by atoms with Gasteiger partial charge in [0.05, 0.1) is 31.3 Å². The maximum Gasteiger partial charge on any atom is 0.165 e. The molecule has 13 nitrogen and oxygen atoms in total. The Kier molecular flexibility index (Phi) is 41.9. The van der Waals surface area contributed by atoms with Gasteiger partial charge >= 0.3 is 0 Å². The van der Waals surface area contributed by atoms with Crippen molar-refractivity contribution in [3.63, 3.8) is 0 Å². The Labute approximate surface area is 334 Å². The fourth-order valence-corrected chi connectivity index (χ4v) is 3.65. The van der Waals surface area contributed by atoms with Crippen LogP contribution in [0.25, 0.3) is 0 Å². The Morgan fingerprint density at radius 3 is 1.27 bits per heavy atom. The average Bonchev–Trinajstić information content (AvgIpc) is 3.13. The van der Waals surface area contributed by atoms with Crippen LogP contribution in [0.1, 0.15) is 119 Å². The number of Topliss-reactive ketones (excluding diaryl/α,β-unsaturated/α-hetero) is 5. The fraction of sp³-hybridized carbons (Fsp3) is 0.690. The normalized spacial score (nSPS) is 11.9. The molecule has 322 valence electrons. The zero-order valence-corrected chi connectivity index (χ0v) is 36.5. The lowest BCUT2D eigenvalue weighted by atomic mass is 9.98. The predicted molar refractivity (Wildman–Crippen MR) is 231 cm³/mol. The lowest BCUT2D eigenvalue weighted by Gasteiger charge is -2.12. The highest BCUT2D eigenvalue weighted by Crippen LogP contribution is 2.10. The molecule has 0 amide bonds. The zero-order chi connectivity index (χ0) is 44.4. The van der Waals surface area contributed by atoms with Gasteiger partial charge in [-0.3, -0.25) is 24.0 Å². The number of hydrogen-bond acceptors (Lipinski definition) is 13. The first-order chi connectivity index (χ1) is 25.3. The van der Waals surface area contributed by atoms with Crippen LogP contribution in [0.5, 0.6) is 0 Å². The Morgan fingerprint density at radius 1 is 0.618 bits per heavy atom. The molecule has 0 fully saturated rings. The Balaban J connectivity index is -0.000000185. The van der Waals surface area contributed by atoms with Gasteiger partial charge < -0.3 is 45.2 Å². The average molecular weight is 782 g/mol. The number of nitrogens with two attached hydrogens (primary N) is 7. The van der Waals surface area contributed by atoms with Crippen molar-refractivity contribution < 1.29 is 29.1 Å². The van der Waals surface area contributed by atoms with Gasteiger partial charge in [0.15, 0.2) is 23.1 Å². The molecule has 0 aliphatic carbocycles. The van der Waals surface area contributed by atoms with E-state index in [1.807, 2.05) is 55.4 Å². The second kappa shape index (κ2) is 37.7. The van der Waals surface area contributed by atoms with Gasteiger partial charge in [0.25, 0.3) is 0 Å². The highest BCUT2D eigenvalue weighted by atomic mass is 16.3. The highest BCUT2D eigenvalue weighted by molar-refractivity contribution is 5.97. The molecule has 13 heteroatoms. The first-order valence-corrected chi connectivity index (χ1v) is 19.5. The van der Waals surface area contributed by atoms with E-state index < -0.39 is 12.1 Å². The number of aliphatic hydroxyl groups excluding tert-OH is 1. The van der Waals surface area contributed by atoms with E-state index in [9.17, 15) is 24.0 Å². The summed E-state index contributed by atoms with van der Waals surface area (Å²) in [6.45, 7) is 27.6. The minimum atomic E-state index is -0.690. The summed E-state index contributed by atoms with van der Waals surface area (Å²) < 4.78 is 0. The van der Waals surface area contributed by atoms with Gasteiger partial charge in [0, 0.05) is 40.8 Å². The van der Waals surface area contributed by atoms with Crippen molar-refractivity contribution in [2.24, 2.45) is 69.9 Å². The quantitative estimate of drug-likeness (QED) is 0.0449. The van der Waals surface area contributed by atoms with Gasteiger partial charge in [-0.15, -0.1) is 6.58 Å². The number of carbonyl (C=O) groups is 5. The topological polar surface area (TPSA) is 288 Å². The van der Waals surface area contributed by atoms with E-state index in [2.05, 4.69) is 20.4 Å². The molecule has 2 unspecified atom stereocenters. The van der Waals surface area contributed by atoms with Crippen molar-refractivity contribution in [2.75, 3.05) is 32.0 Å². The van der Waals surface area contributed by atoms with E-state index >= 15 is 0 Å². The number of rotatable bonds is 18. The first kappa shape index (κ1) is 61.1. The van der Waals surface area contributed by atoms with Crippen molar-refractivity contribution in [2.45, 2.75) is 127 Å². The van der Waals surface area contributed by atoms with E-state index in [0.717, 1.165) is 43.7 Å². The molecule has 3 atom stereocenters. The standard InChI is InChI=1S/C10H13NO.C9H20N2O.C7H13NO.C6H13NO2.C5H11NO.C5H13N/c1-7(2)10(12)8-3-5-9(11)6-4-8;1-7(2)9(12)8(11)5-3-4-6-10;1-4-6(8)7(9)5(2)3;1-4(2)6(9)5(7)3-8;1-4(2)5(7)3-6;1-5(2)3-4-6/h3-7H,11H2,1-2H3;7-8H,3-6,10-11H2,1-2H3;4-6H,1,8H2,2-3H3;4-5,8H,3,7H2,1-2H3;4H,3,6H2,1-2H3;5H,3-4,6H2,1-2H3/t;;6-;;;/m..0.../s1. The van der Waals surface area contributed by atoms with Crippen molar-refractivity contribution in [1.29, 1.82) is 0 Å². The van der Waals surface area contributed by atoms with Crippen molar-refractivity contribution in [1.82, 2.24) is 0 Å². The van der Waals surface area contributed by atoms with E-state index in [1.165, 1.54) is 6.08 Å². The van der Waals surface area contributed by atoms with Crippen LogP contribution in [-0.4, -0.2) is 78.4 Å². The molecule has 1 rings (SSSR count). The van der Waals surface area contributed by atoms with Crippen LogP contribution in [0.3, 0.4) is 0 Å². The number of nitrogen functional groups attached to an aromatic ring is 1. The van der Waals surface area contributed by atoms with Gasteiger partial charge in [-0.1, -0.05) is 95.6 Å². The third-order valence-corrected chi connectivity index (χ3v) is 7.50. The lowest BCUT2D eigenvalue weighted by molar-refractivity contribution is -0.124. The number of aliphatic hydroxyl groups is 1. The third-order valence-electron chi connectivity index (χ3n) is 7.50. The number of hydrogen-bond donors (Lipinski definition) is 8. The Bertz CT molecular complexity index is 1150. The summed E-state index contributed by atoms with van der Waals surface area (Å²) >= 11 is 0. The third kappa shape index (κ3) is 37.5. The van der Waals surface area contributed by atoms with E-state index in [1.54, 1.807) is 38.1 Å². The van der Waals surface area contributed by atoms with Gasteiger partial charge in [-0.2, -0.15) is 0 Å². The smallest absolute Gasteiger partial charge is 0.165 e. The summed E-state index contributed by atoms with van der Waals surface area (Å²) in [6.07, 6.45) is 5.30. The molecule has 0 aliphatic rings. The van der Waals surface area contributed by atoms with E-state index in [-0.39, 0.29) is 77.7 Å². The van der Waals surface area contributed by atoms with Crippen molar-refractivity contribution >= 4 is 34.6 Å². The van der Waals surface area contributed by atoms with Crippen LogP contribution >= 0.6 is 0 Å². The SMILES string of the molecule is C=C[C@H](N)C(=O)C(C)C.CC(C)C(=O)C(N)CCCCN.CC(C)C(=O)C(N)CO.CC(C)C(=O)CN.CC(C)C(=O)c1ccc(N)cc1.CC(C)CCN. The molecule has 0 saturated carbocycles. The van der Waals surface area contributed by atoms with Crippen molar-refractivity contribution in [3.05, 3.63) is 42.5 Å². The van der Waals surface area contributed by atoms with Gasteiger partial charge in [0.2, 0.25) is 0 Å². The first-order valence-electron chi connectivity index (χ1n) is 19.5. The van der Waals surface area contributed by atoms with Gasteiger partial charge in [-0.25, -0.2) is 0 Å². The van der Waals surface area contributed by atoms with Crippen LogP contribution in [0.15, 0.2) is 36.9 Å². The Morgan fingerprint density at radius 2 is 1.05 bits per heavy atom. The molecule has 15 N–H and O–H groups in total. The van der Waals surface area contributed by atoms with Gasteiger partial charge in [-0.05, 0) is 62.5 Å². The molecule has 0 aliphatic heterocycles. The van der Waals surface area contributed by atoms with Crippen LogP contribution < -0.4 is 40.1 Å². The zero-order valence-electron chi connectivity index (χ0n) is 36.5. The highest BCUT2D eigenvalue weighted by Gasteiger charge is 2.16. The second-order valence-corrected chi connectivity index (χ2v) is 15.1. The molecule has 1 aromatic carbocycles. The van der Waals surface area contributed by atoms with Gasteiger partial charge in [0.1, 0.15) is 5.78 Å². The monoisotopic (exact) mass is 782 g/mol. The fourth-order valence-electron chi connectivity index (χ4n) is 3.65. The van der Waals surface area contributed by atoms with Crippen LogP contribution in [-0.2, 0) is 19.2 Å². The molecular formula is C42H83N7O6. The molecular weight excluding hydrogens is 699 g/mol. The lowest BCUT2D eigenvalue weighted by Crippen LogP contribution is -2.36. The maximum atomic E-state index is 11.4. The summed E-state index contributed by atoms with van der Waals surface area (Å²) in [4.78, 5) is 54.7. The molecule has 1 aromatic rings. The Hall–Kier alpha value is -3.17. The summed E-state index contributed by atoms with van der Waals surface area (Å²) in [5.41, 5.74) is 38.7. The number of carbonyl (C=O) groups excluding carboxylic acids is 5. The summed E-state index contributed by atoms with van der Waals surface area (Å²) in [7, 11) is 0. The number of anilines is 1. The predicted octanol–water partition coefficient (Wildman–Crippen LogP) is 4.19. The molecule has 0 spiro atoms. The van der Waals surface area contributed by atoms with Crippen LogP contribution in [0, 0.1) is 35.5 Å². The van der Waals surface area contributed by atoms with Crippen LogP contribution in [0.2, 0.25) is 0 Å². The number of unbranched alkanes of at least 4 members (excludes halogenated alkanes) is 1. The maximum absolute atomic E-state index is 11.4. The molecule has 55 heavy (non-hydrogen) atoms. The number of ketones is 5. The largest absolute Gasteiger partial charge is 0.399 e. The molecule has 0 saturated heterocycles.